The highest BCUT2D eigenvalue weighted by Crippen LogP contribution is 2.23. The average molecular weight is 300 g/mol. The molecule has 1 N–H and O–H groups in total. The van der Waals surface area contributed by atoms with E-state index in [1.807, 2.05) is 36.4 Å². The molecule has 1 amide bonds. The SMILES string of the molecule is CC1CCCN(C(C)(C)CNC(=O)/C=C/c2ccccc2)C1. The summed E-state index contributed by atoms with van der Waals surface area (Å²) in [6.07, 6.45) is 6.04. The number of likely N-dealkylation sites (tertiary alicyclic amines) is 1. The Morgan fingerprint density at radius 3 is 2.77 bits per heavy atom. The predicted molar refractivity (Wildman–Crippen MR) is 92.5 cm³/mol. The lowest BCUT2D eigenvalue weighted by Crippen LogP contribution is -2.54. The van der Waals surface area contributed by atoms with Crippen LogP contribution in [-0.2, 0) is 4.79 Å². The fourth-order valence-corrected chi connectivity index (χ4v) is 2.95. The van der Waals surface area contributed by atoms with E-state index in [1.54, 1.807) is 6.08 Å². The molecule has 1 aromatic carbocycles. The highest BCUT2D eigenvalue weighted by atomic mass is 16.1. The number of hydrogen-bond acceptors (Lipinski definition) is 2. The van der Waals surface area contributed by atoms with Gasteiger partial charge in [-0.1, -0.05) is 37.3 Å². The van der Waals surface area contributed by atoms with Gasteiger partial charge in [-0.05, 0) is 50.8 Å². The van der Waals surface area contributed by atoms with E-state index in [4.69, 9.17) is 0 Å². The van der Waals surface area contributed by atoms with Crippen molar-refractivity contribution in [2.24, 2.45) is 5.92 Å². The number of nitrogens with zero attached hydrogens (tertiary/aromatic N) is 1. The first-order chi connectivity index (χ1) is 10.5. The lowest BCUT2D eigenvalue weighted by Gasteiger charge is -2.43. The Hall–Kier alpha value is -1.61. The summed E-state index contributed by atoms with van der Waals surface area (Å²) in [5, 5.41) is 3.04. The molecule has 22 heavy (non-hydrogen) atoms. The van der Waals surface area contributed by atoms with Crippen LogP contribution in [0.2, 0.25) is 0 Å². The van der Waals surface area contributed by atoms with Crippen LogP contribution in [0.1, 0.15) is 39.2 Å². The maximum atomic E-state index is 12.0. The molecule has 0 radical (unpaired) electrons. The number of carbonyl (C=O) groups excluding carboxylic acids is 1. The fraction of sp³-hybridized carbons (Fsp3) is 0.526. The second-order valence-electron chi connectivity index (χ2n) is 6.97. The normalized spacial score (nSPS) is 20.2. The monoisotopic (exact) mass is 300 g/mol. The van der Waals surface area contributed by atoms with Crippen molar-refractivity contribution in [3.8, 4) is 0 Å². The Morgan fingerprint density at radius 2 is 2.09 bits per heavy atom. The van der Waals surface area contributed by atoms with E-state index in [-0.39, 0.29) is 11.4 Å². The summed E-state index contributed by atoms with van der Waals surface area (Å²) >= 11 is 0. The summed E-state index contributed by atoms with van der Waals surface area (Å²) in [6.45, 7) is 9.68. The highest BCUT2D eigenvalue weighted by molar-refractivity contribution is 5.91. The molecule has 0 spiro atoms. The molecule has 1 aliphatic heterocycles. The molecule has 0 aliphatic carbocycles. The number of piperidine rings is 1. The predicted octanol–water partition coefficient (Wildman–Crippen LogP) is 3.33. The topological polar surface area (TPSA) is 32.3 Å². The third-order valence-corrected chi connectivity index (χ3v) is 4.44. The van der Waals surface area contributed by atoms with Gasteiger partial charge in [0, 0.05) is 24.7 Å². The minimum absolute atomic E-state index is 0.00489. The Morgan fingerprint density at radius 1 is 1.36 bits per heavy atom. The molecule has 0 aromatic heterocycles. The molecule has 1 fully saturated rings. The van der Waals surface area contributed by atoms with Crippen molar-refractivity contribution in [2.45, 2.75) is 39.2 Å². The number of nitrogens with one attached hydrogen (secondary N) is 1. The van der Waals surface area contributed by atoms with E-state index in [0.29, 0.717) is 6.54 Å². The summed E-state index contributed by atoms with van der Waals surface area (Å²) in [7, 11) is 0. The summed E-state index contributed by atoms with van der Waals surface area (Å²) in [4.78, 5) is 14.5. The molecule has 0 saturated carbocycles. The molecule has 0 bridgehead atoms. The van der Waals surface area contributed by atoms with E-state index < -0.39 is 0 Å². The number of rotatable bonds is 5. The zero-order valence-corrected chi connectivity index (χ0v) is 14.0. The average Bonchev–Trinajstić information content (AvgIpc) is 2.52. The van der Waals surface area contributed by atoms with Crippen molar-refractivity contribution in [1.29, 1.82) is 0 Å². The van der Waals surface area contributed by atoms with Crippen molar-refractivity contribution >= 4 is 12.0 Å². The first-order valence-electron chi connectivity index (χ1n) is 8.23. The van der Waals surface area contributed by atoms with Gasteiger partial charge in [0.15, 0.2) is 0 Å². The zero-order chi connectivity index (χ0) is 16.0. The minimum Gasteiger partial charge on any atom is -0.351 e. The number of hydrogen-bond donors (Lipinski definition) is 1. The van der Waals surface area contributed by atoms with Gasteiger partial charge in [-0.25, -0.2) is 0 Å². The smallest absolute Gasteiger partial charge is 0.244 e. The summed E-state index contributed by atoms with van der Waals surface area (Å²) in [5.41, 5.74) is 1.05. The van der Waals surface area contributed by atoms with Gasteiger partial charge in [0.2, 0.25) is 5.91 Å². The highest BCUT2D eigenvalue weighted by Gasteiger charge is 2.30. The van der Waals surface area contributed by atoms with Gasteiger partial charge in [0.1, 0.15) is 0 Å². The third kappa shape index (κ3) is 4.99. The first kappa shape index (κ1) is 16.8. The van der Waals surface area contributed by atoms with Crippen LogP contribution in [0.25, 0.3) is 6.08 Å². The summed E-state index contributed by atoms with van der Waals surface area (Å²) in [6, 6.07) is 9.89. The van der Waals surface area contributed by atoms with Crippen LogP contribution in [-0.4, -0.2) is 36.0 Å². The molecule has 1 unspecified atom stereocenters. The standard InChI is InChI=1S/C19H28N2O/c1-16-8-7-13-21(14-16)19(2,3)15-20-18(22)12-11-17-9-5-4-6-10-17/h4-6,9-12,16H,7-8,13-15H2,1-3H3,(H,20,22)/b12-11+. The van der Waals surface area contributed by atoms with E-state index >= 15 is 0 Å². The van der Waals surface area contributed by atoms with E-state index in [9.17, 15) is 4.79 Å². The molecule has 2 rings (SSSR count). The third-order valence-electron chi connectivity index (χ3n) is 4.44. The molecular weight excluding hydrogens is 272 g/mol. The summed E-state index contributed by atoms with van der Waals surface area (Å²) < 4.78 is 0. The maximum Gasteiger partial charge on any atom is 0.244 e. The van der Waals surface area contributed by atoms with Crippen molar-refractivity contribution in [1.82, 2.24) is 10.2 Å². The molecule has 120 valence electrons. The fourth-order valence-electron chi connectivity index (χ4n) is 2.95. The van der Waals surface area contributed by atoms with Crippen LogP contribution in [0.3, 0.4) is 0 Å². The van der Waals surface area contributed by atoms with Gasteiger partial charge in [0.05, 0.1) is 0 Å². The summed E-state index contributed by atoms with van der Waals surface area (Å²) in [5.74, 6) is 0.726. The van der Waals surface area contributed by atoms with Gasteiger partial charge in [0.25, 0.3) is 0 Å². The zero-order valence-electron chi connectivity index (χ0n) is 14.0. The largest absolute Gasteiger partial charge is 0.351 e. The molecule has 1 atom stereocenters. The molecule has 1 aromatic rings. The molecular formula is C19H28N2O. The van der Waals surface area contributed by atoms with Crippen molar-refractivity contribution in [3.05, 3.63) is 42.0 Å². The quantitative estimate of drug-likeness (QED) is 0.846. The van der Waals surface area contributed by atoms with Crippen LogP contribution in [0, 0.1) is 5.92 Å². The Labute approximate surface area is 134 Å². The van der Waals surface area contributed by atoms with E-state index in [2.05, 4.69) is 31.0 Å². The van der Waals surface area contributed by atoms with Crippen LogP contribution >= 0.6 is 0 Å². The van der Waals surface area contributed by atoms with Crippen LogP contribution in [0.15, 0.2) is 36.4 Å². The van der Waals surface area contributed by atoms with Gasteiger partial charge in [-0.2, -0.15) is 0 Å². The maximum absolute atomic E-state index is 12.0. The molecule has 1 saturated heterocycles. The molecule has 1 heterocycles. The Kier molecular flexibility index (Phi) is 5.78. The second-order valence-corrected chi connectivity index (χ2v) is 6.97. The first-order valence-corrected chi connectivity index (χ1v) is 8.23. The van der Waals surface area contributed by atoms with Crippen LogP contribution in [0.5, 0.6) is 0 Å². The van der Waals surface area contributed by atoms with Crippen molar-refractivity contribution in [3.63, 3.8) is 0 Å². The minimum atomic E-state index is -0.0259. The van der Waals surface area contributed by atoms with Gasteiger partial charge in [-0.15, -0.1) is 0 Å². The van der Waals surface area contributed by atoms with Gasteiger partial charge >= 0.3 is 0 Å². The Balaban J connectivity index is 1.83. The van der Waals surface area contributed by atoms with Crippen LogP contribution in [0.4, 0.5) is 0 Å². The van der Waals surface area contributed by atoms with Gasteiger partial charge in [-0.3, -0.25) is 9.69 Å². The number of carbonyl (C=O) groups is 1. The lowest BCUT2D eigenvalue weighted by atomic mass is 9.93. The molecule has 3 heteroatoms. The lowest BCUT2D eigenvalue weighted by molar-refractivity contribution is -0.117. The van der Waals surface area contributed by atoms with Crippen molar-refractivity contribution < 1.29 is 4.79 Å². The second kappa shape index (κ2) is 7.59. The van der Waals surface area contributed by atoms with Gasteiger partial charge < -0.3 is 5.32 Å². The number of amides is 1. The molecule has 3 nitrogen and oxygen atoms in total. The molecule has 1 aliphatic rings. The van der Waals surface area contributed by atoms with E-state index in [1.165, 1.54) is 12.8 Å². The van der Waals surface area contributed by atoms with E-state index in [0.717, 1.165) is 24.6 Å². The van der Waals surface area contributed by atoms with Crippen LogP contribution < -0.4 is 5.32 Å². The van der Waals surface area contributed by atoms with Crippen molar-refractivity contribution in [2.75, 3.05) is 19.6 Å². The number of benzene rings is 1. The Bertz CT molecular complexity index is 507.